The summed E-state index contributed by atoms with van der Waals surface area (Å²) >= 11 is 0. The average molecular weight is 443 g/mol. The fourth-order valence-electron chi connectivity index (χ4n) is 4.44. The lowest BCUT2D eigenvalue weighted by Crippen LogP contribution is -2.50. The molecule has 3 rings (SSSR count). The van der Waals surface area contributed by atoms with Crippen molar-refractivity contribution in [3.8, 4) is 0 Å². The summed E-state index contributed by atoms with van der Waals surface area (Å²) in [6, 6.07) is 9.34. The number of carbonyl (C=O) groups excluding carboxylic acids is 3. The second kappa shape index (κ2) is 11.8. The molecule has 2 amide bonds. The summed E-state index contributed by atoms with van der Waals surface area (Å²) in [7, 11) is 0. The van der Waals surface area contributed by atoms with Gasteiger partial charge in [-0.2, -0.15) is 0 Å². The van der Waals surface area contributed by atoms with Crippen LogP contribution in [-0.2, 0) is 25.5 Å². The van der Waals surface area contributed by atoms with E-state index in [9.17, 15) is 19.5 Å². The van der Waals surface area contributed by atoms with Gasteiger partial charge in [-0.25, -0.2) is 0 Å². The van der Waals surface area contributed by atoms with Gasteiger partial charge >= 0.3 is 5.97 Å². The first-order valence-electron chi connectivity index (χ1n) is 11.6. The summed E-state index contributed by atoms with van der Waals surface area (Å²) in [6.45, 7) is 0.00967. The average Bonchev–Trinajstić information content (AvgIpc) is 3.25. The second-order valence-electron chi connectivity index (χ2n) is 8.92. The van der Waals surface area contributed by atoms with Crippen molar-refractivity contribution in [1.82, 2.24) is 10.6 Å². The van der Waals surface area contributed by atoms with Crippen LogP contribution in [0.2, 0.25) is 0 Å². The minimum absolute atomic E-state index is 0.0514. The third-order valence-corrected chi connectivity index (χ3v) is 6.29. The normalized spacial score (nSPS) is 24.0. The van der Waals surface area contributed by atoms with E-state index in [2.05, 4.69) is 10.6 Å². The molecule has 3 N–H and O–H groups in total. The highest BCUT2D eigenvalue weighted by Gasteiger charge is 2.35. The van der Waals surface area contributed by atoms with Gasteiger partial charge in [-0.15, -0.1) is 0 Å². The highest BCUT2D eigenvalue weighted by molar-refractivity contribution is 5.86. The maximum Gasteiger partial charge on any atom is 0.306 e. The Bertz CT molecular complexity index is 802. The summed E-state index contributed by atoms with van der Waals surface area (Å²) in [5.41, 5.74) is 0.472. The van der Waals surface area contributed by atoms with Gasteiger partial charge in [0.2, 0.25) is 11.8 Å². The standard InChI is InChI=1S/C25H34N2O5/c28-18-25(13-7-8-14-25)27-22(29)16-20-11-5-2-6-12-23(30)32-17-21(26-24(20)31)15-19-9-3-1-4-10-19/h1-5,9-10,20-21,28H,6-8,11-18H2,(H,26,31)(H,27,29)/t20-,21-/m1/s1. The number of benzene rings is 1. The van der Waals surface area contributed by atoms with E-state index in [0.29, 0.717) is 19.3 Å². The summed E-state index contributed by atoms with van der Waals surface area (Å²) in [4.78, 5) is 37.9. The minimum Gasteiger partial charge on any atom is -0.463 e. The van der Waals surface area contributed by atoms with Crippen molar-refractivity contribution in [3.63, 3.8) is 0 Å². The molecule has 0 spiro atoms. The Morgan fingerprint density at radius 3 is 2.62 bits per heavy atom. The summed E-state index contributed by atoms with van der Waals surface area (Å²) in [5.74, 6) is -1.26. The number of hydrogen-bond acceptors (Lipinski definition) is 5. The van der Waals surface area contributed by atoms with Gasteiger partial charge in [0.15, 0.2) is 0 Å². The lowest BCUT2D eigenvalue weighted by molar-refractivity contribution is -0.145. The quantitative estimate of drug-likeness (QED) is 0.464. The smallest absolute Gasteiger partial charge is 0.306 e. The number of nitrogens with one attached hydrogen (secondary N) is 2. The molecular weight excluding hydrogens is 408 g/mol. The first-order valence-corrected chi connectivity index (χ1v) is 11.6. The molecule has 2 aliphatic rings. The predicted molar refractivity (Wildman–Crippen MR) is 121 cm³/mol. The first kappa shape index (κ1) is 24.0. The van der Waals surface area contributed by atoms with E-state index in [1.54, 1.807) is 0 Å². The van der Waals surface area contributed by atoms with E-state index in [0.717, 1.165) is 31.2 Å². The number of ether oxygens (including phenoxy) is 1. The Morgan fingerprint density at radius 2 is 1.91 bits per heavy atom. The first-order chi connectivity index (χ1) is 15.5. The van der Waals surface area contributed by atoms with Crippen LogP contribution < -0.4 is 10.6 Å². The largest absolute Gasteiger partial charge is 0.463 e. The molecule has 1 aromatic rings. The molecule has 0 saturated heterocycles. The van der Waals surface area contributed by atoms with Crippen molar-refractivity contribution < 1.29 is 24.2 Å². The Balaban J connectivity index is 1.69. The van der Waals surface area contributed by atoms with Gasteiger partial charge in [-0.3, -0.25) is 14.4 Å². The molecule has 1 heterocycles. The van der Waals surface area contributed by atoms with Gasteiger partial charge < -0.3 is 20.5 Å². The molecule has 7 heteroatoms. The lowest BCUT2D eigenvalue weighted by Gasteiger charge is -2.29. The van der Waals surface area contributed by atoms with Crippen LogP contribution in [0.15, 0.2) is 42.5 Å². The van der Waals surface area contributed by atoms with Crippen LogP contribution in [0.3, 0.4) is 0 Å². The number of carbonyl (C=O) groups is 3. The van der Waals surface area contributed by atoms with Crippen molar-refractivity contribution in [3.05, 3.63) is 48.0 Å². The molecule has 0 radical (unpaired) electrons. The molecule has 1 fully saturated rings. The molecule has 32 heavy (non-hydrogen) atoms. The van der Waals surface area contributed by atoms with Crippen LogP contribution in [-0.4, -0.2) is 47.7 Å². The van der Waals surface area contributed by atoms with Crippen LogP contribution in [0, 0.1) is 5.92 Å². The molecule has 2 atom stereocenters. The Morgan fingerprint density at radius 1 is 1.16 bits per heavy atom. The number of cyclic esters (lactones) is 1. The van der Waals surface area contributed by atoms with Crippen molar-refractivity contribution >= 4 is 17.8 Å². The fraction of sp³-hybridized carbons (Fsp3) is 0.560. The third-order valence-electron chi connectivity index (χ3n) is 6.29. The van der Waals surface area contributed by atoms with Crippen molar-refractivity contribution in [2.75, 3.05) is 13.2 Å². The molecule has 0 bridgehead atoms. The van der Waals surface area contributed by atoms with Gasteiger partial charge in [0, 0.05) is 12.8 Å². The molecule has 0 unspecified atom stereocenters. The molecular formula is C25H34N2O5. The van der Waals surface area contributed by atoms with E-state index in [-0.39, 0.29) is 49.9 Å². The zero-order valence-electron chi connectivity index (χ0n) is 18.6. The monoisotopic (exact) mass is 442 g/mol. The molecule has 1 aliphatic heterocycles. The highest BCUT2D eigenvalue weighted by atomic mass is 16.5. The predicted octanol–water partition coefficient (Wildman–Crippen LogP) is 2.42. The van der Waals surface area contributed by atoms with Gasteiger partial charge in [0.1, 0.15) is 6.61 Å². The molecule has 0 aromatic heterocycles. The molecule has 174 valence electrons. The number of allylic oxidation sites excluding steroid dienone is 2. The van der Waals surface area contributed by atoms with Crippen molar-refractivity contribution in [2.24, 2.45) is 5.92 Å². The maximum atomic E-state index is 13.1. The number of hydrogen-bond donors (Lipinski definition) is 3. The SMILES string of the molecule is O=C(C[C@H]1CC=CCCC(=O)OC[C@@H](Cc2ccccc2)NC1=O)NC1(CO)CCCC1. The van der Waals surface area contributed by atoms with Crippen molar-refractivity contribution in [1.29, 1.82) is 0 Å². The van der Waals surface area contributed by atoms with E-state index in [1.807, 2.05) is 42.5 Å². The van der Waals surface area contributed by atoms with Crippen LogP contribution in [0.25, 0.3) is 0 Å². The van der Waals surface area contributed by atoms with E-state index < -0.39 is 11.5 Å². The summed E-state index contributed by atoms with van der Waals surface area (Å²) in [6.07, 6.45) is 9.01. The topological polar surface area (TPSA) is 105 Å². The Labute approximate surface area is 189 Å². The number of aliphatic hydroxyl groups is 1. The highest BCUT2D eigenvalue weighted by Crippen LogP contribution is 2.29. The lowest BCUT2D eigenvalue weighted by atomic mass is 9.95. The number of aliphatic hydroxyl groups excluding tert-OH is 1. The van der Waals surface area contributed by atoms with E-state index in [1.165, 1.54) is 0 Å². The zero-order valence-corrected chi connectivity index (χ0v) is 18.6. The molecule has 1 saturated carbocycles. The van der Waals surface area contributed by atoms with E-state index >= 15 is 0 Å². The third kappa shape index (κ3) is 7.19. The summed E-state index contributed by atoms with van der Waals surface area (Å²) in [5, 5.41) is 15.8. The zero-order chi connectivity index (χ0) is 22.8. The van der Waals surface area contributed by atoms with Gasteiger partial charge in [-0.05, 0) is 37.7 Å². The molecule has 1 aliphatic carbocycles. The second-order valence-corrected chi connectivity index (χ2v) is 8.92. The molecule has 7 nitrogen and oxygen atoms in total. The number of amides is 2. The van der Waals surface area contributed by atoms with Crippen LogP contribution >= 0.6 is 0 Å². The van der Waals surface area contributed by atoms with E-state index in [4.69, 9.17) is 4.74 Å². The number of rotatable bonds is 6. The summed E-state index contributed by atoms with van der Waals surface area (Å²) < 4.78 is 5.39. The Hall–Kier alpha value is -2.67. The van der Waals surface area contributed by atoms with Gasteiger partial charge in [-0.1, -0.05) is 55.3 Å². The van der Waals surface area contributed by atoms with Crippen LogP contribution in [0.1, 0.15) is 56.9 Å². The Kier molecular flexibility index (Phi) is 8.85. The van der Waals surface area contributed by atoms with Crippen molar-refractivity contribution in [2.45, 2.75) is 69.4 Å². The molecule has 1 aromatic carbocycles. The van der Waals surface area contributed by atoms with Gasteiger partial charge in [0.25, 0.3) is 0 Å². The fourth-order valence-corrected chi connectivity index (χ4v) is 4.44. The van der Waals surface area contributed by atoms with Gasteiger partial charge in [0.05, 0.1) is 24.1 Å². The minimum atomic E-state index is -0.557. The maximum absolute atomic E-state index is 13.1. The van der Waals surface area contributed by atoms with Crippen LogP contribution in [0.4, 0.5) is 0 Å². The van der Waals surface area contributed by atoms with Crippen LogP contribution in [0.5, 0.6) is 0 Å². The number of esters is 1.